The number of rotatable bonds is 9. The number of carbonyl (C=O) groups excluding carboxylic acids is 2. The number of unbranched alkanes of at least 4 members (excludes halogenated alkanes) is 1. The van der Waals surface area contributed by atoms with E-state index >= 15 is 0 Å². The molecule has 1 aliphatic heterocycles. The largest absolute Gasteiger partial charge is 0.504 e. The van der Waals surface area contributed by atoms with Gasteiger partial charge in [-0.3, -0.25) is 4.79 Å². The van der Waals surface area contributed by atoms with E-state index in [9.17, 15) is 14.7 Å². The summed E-state index contributed by atoms with van der Waals surface area (Å²) in [5.74, 6) is -2.31. The third kappa shape index (κ3) is 5.43. The van der Waals surface area contributed by atoms with E-state index in [-0.39, 0.29) is 12.0 Å². The maximum absolute atomic E-state index is 13.7. The molecule has 0 aromatic heterocycles. The van der Waals surface area contributed by atoms with Crippen LogP contribution in [-0.4, -0.2) is 22.5 Å². The Balaban J connectivity index is 1.77. The van der Waals surface area contributed by atoms with Crippen molar-refractivity contribution >= 4 is 17.8 Å². The molecule has 0 saturated carbocycles. The van der Waals surface area contributed by atoms with E-state index in [1.54, 1.807) is 0 Å². The molecular formula is C31H30O4. The molecule has 4 nitrogen and oxygen atoms in total. The van der Waals surface area contributed by atoms with Gasteiger partial charge < -0.3 is 9.84 Å². The van der Waals surface area contributed by atoms with Gasteiger partial charge in [0.25, 0.3) is 0 Å². The Morgan fingerprint density at radius 2 is 1.49 bits per heavy atom. The third-order valence-corrected chi connectivity index (χ3v) is 6.41. The van der Waals surface area contributed by atoms with Crippen molar-refractivity contribution < 1.29 is 19.4 Å². The number of benzene rings is 3. The molecule has 4 rings (SSSR count). The summed E-state index contributed by atoms with van der Waals surface area (Å²) in [4.78, 5) is 27.2. The molecule has 1 aliphatic rings. The molecule has 0 fully saturated rings. The van der Waals surface area contributed by atoms with Crippen molar-refractivity contribution in [2.75, 3.05) is 0 Å². The van der Waals surface area contributed by atoms with E-state index in [1.165, 1.54) is 0 Å². The third-order valence-electron chi connectivity index (χ3n) is 6.41. The summed E-state index contributed by atoms with van der Waals surface area (Å²) in [6.07, 6.45) is 5.84. The fourth-order valence-corrected chi connectivity index (χ4v) is 4.55. The van der Waals surface area contributed by atoms with Crippen molar-refractivity contribution in [3.05, 3.63) is 125 Å². The zero-order valence-corrected chi connectivity index (χ0v) is 19.9. The van der Waals surface area contributed by atoms with Crippen molar-refractivity contribution in [2.24, 2.45) is 0 Å². The van der Waals surface area contributed by atoms with Crippen LogP contribution in [-0.2, 0) is 20.7 Å². The zero-order chi connectivity index (χ0) is 24.7. The molecule has 3 aromatic carbocycles. The van der Waals surface area contributed by atoms with Gasteiger partial charge in [0.05, 0.1) is 5.57 Å². The van der Waals surface area contributed by atoms with Crippen molar-refractivity contribution in [2.45, 2.75) is 44.1 Å². The molecule has 0 saturated heterocycles. The maximum Gasteiger partial charge on any atom is 0.339 e. The van der Waals surface area contributed by atoms with Crippen LogP contribution in [0.4, 0.5) is 0 Å². The lowest BCUT2D eigenvalue weighted by atomic mass is 9.79. The van der Waals surface area contributed by atoms with Gasteiger partial charge in [0.1, 0.15) is 0 Å². The molecule has 0 amide bonds. The summed E-state index contributed by atoms with van der Waals surface area (Å²) in [6.45, 7) is 2.02. The molecule has 3 aromatic rings. The Morgan fingerprint density at radius 3 is 2.11 bits per heavy atom. The number of aliphatic hydroxyl groups excluding tert-OH is 1. The fraction of sp³-hybridized carbons (Fsp3) is 0.226. The highest BCUT2D eigenvalue weighted by Crippen LogP contribution is 2.39. The number of esters is 1. The van der Waals surface area contributed by atoms with Gasteiger partial charge in [-0.15, -0.1) is 0 Å². The minimum atomic E-state index is -1.41. The summed E-state index contributed by atoms with van der Waals surface area (Å²) in [5, 5.41) is 11.2. The van der Waals surface area contributed by atoms with E-state index in [2.05, 4.69) is 0 Å². The number of cyclic esters (lactones) is 1. The Morgan fingerprint density at radius 1 is 0.886 bits per heavy atom. The average Bonchev–Trinajstić information content (AvgIpc) is 2.89. The van der Waals surface area contributed by atoms with Crippen LogP contribution in [0.25, 0.3) is 6.08 Å². The second kappa shape index (κ2) is 11.0. The highest BCUT2D eigenvalue weighted by molar-refractivity contribution is 6.11. The van der Waals surface area contributed by atoms with Crippen LogP contribution in [0, 0.1) is 0 Å². The van der Waals surface area contributed by atoms with Gasteiger partial charge >= 0.3 is 5.97 Å². The summed E-state index contributed by atoms with van der Waals surface area (Å²) >= 11 is 0. The maximum atomic E-state index is 13.7. The van der Waals surface area contributed by atoms with Gasteiger partial charge in [-0.1, -0.05) is 116 Å². The minimum Gasteiger partial charge on any atom is -0.504 e. The van der Waals surface area contributed by atoms with Gasteiger partial charge in [0.2, 0.25) is 5.78 Å². The van der Waals surface area contributed by atoms with Crippen molar-refractivity contribution in [1.82, 2.24) is 0 Å². The molecule has 2 unspecified atom stereocenters. The quantitative estimate of drug-likeness (QED) is 0.361. The molecule has 2 atom stereocenters. The smallest absolute Gasteiger partial charge is 0.339 e. The van der Waals surface area contributed by atoms with E-state index in [0.29, 0.717) is 12.8 Å². The van der Waals surface area contributed by atoms with Crippen LogP contribution in [0.2, 0.25) is 0 Å². The molecule has 0 spiro atoms. The number of hydrogen-bond acceptors (Lipinski definition) is 4. The van der Waals surface area contributed by atoms with Gasteiger partial charge in [-0.25, -0.2) is 4.79 Å². The number of ether oxygens (including phenoxy) is 1. The molecule has 4 heteroatoms. The molecule has 1 N–H and O–H groups in total. The molecule has 0 radical (unpaired) electrons. The lowest BCUT2D eigenvalue weighted by Gasteiger charge is -2.37. The molecule has 1 heterocycles. The zero-order valence-electron chi connectivity index (χ0n) is 19.9. The number of carbonyl (C=O) groups is 2. The first-order valence-electron chi connectivity index (χ1n) is 12.1. The van der Waals surface area contributed by atoms with Crippen LogP contribution in [0.3, 0.4) is 0 Å². The normalized spacial score (nSPS) is 19.1. The molecular weight excluding hydrogens is 436 g/mol. The lowest BCUT2D eigenvalue weighted by Crippen LogP contribution is -2.50. The van der Waals surface area contributed by atoms with Crippen LogP contribution in [0.5, 0.6) is 0 Å². The Kier molecular flexibility index (Phi) is 7.61. The first kappa shape index (κ1) is 24.2. The second-order valence-electron chi connectivity index (χ2n) is 8.90. The highest BCUT2D eigenvalue weighted by atomic mass is 16.6. The summed E-state index contributed by atoms with van der Waals surface area (Å²) in [7, 11) is 0. The Bertz CT molecular complexity index is 1210. The summed E-state index contributed by atoms with van der Waals surface area (Å²) in [6, 6.07) is 28.5. The van der Waals surface area contributed by atoms with E-state index in [1.807, 2.05) is 110 Å². The van der Waals surface area contributed by atoms with Gasteiger partial charge in [0, 0.05) is 12.3 Å². The number of hydrogen-bond donors (Lipinski definition) is 1. The Labute approximate surface area is 206 Å². The van der Waals surface area contributed by atoms with E-state index < -0.39 is 29.0 Å². The predicted molar refractivity (Wildman–Crippen MR) is 138 cm³/mol. The summed E-state index contributed by atoms with van der Waals surface area (Å²) in [5.41, 5.74) is 1.19. The first-order valence-corrected chi connectivity index (χ1v) is 12.1. The molecule has 0 aliphatic carbocycles. The lowest BCUT2D eigenvalue weighted by molar-refractivity contribution is -0.168. The van der Waals surface area contributed by atoms with Crippen LogP contribution in [0.1, 0.15) is 48.8 Å². The van der Waals surface area contributed by atoms with Crippen molar-refractivity contribution in [3.8, 4) is 0 Å². The van der Waals surface area contributed by atoms with Crippen molar-refractivity contribution in [1.29, 1.82) is 0 Å². The first-order chi connectivity index (χ1) is 17.0. The predicted octanol–water partition coefficient (Wildman–Crippen LogP) is 6.59. The van der Waals surface area contributed by atoms with Crippen LogP contribution < -0.4 is 0 Å². The number of aliphatic hydroxyl groups is 1. The topological polar surface area (TPSA) is 63.6 Å². The number of ketones is 1. The highest BCUT2D eigenvalue weighted by Gasteiger charge is 2.50. The monoisotopic (exact) mass is 466 g/mol. The number of allylic oxidation sites excluding steroid dienone is 1. The van der Waals surface area contributed by atoms with E-state index in [0.717, 1.165) is 23.1 Å². The Hall–Kier alpha value is -3.92. The van der Waals surface area contributed by atoms with Crippen LogP contribution in [0.15, 0.2) is 108 Å². The SMILES string of the molecule is CCCCC1(Cc2ccccc2)OC(=O)C(C(C=Cc2ccccc2)c2ccccc2)=C(O)C1=O. The summed E-state index contributed by atoms with van der Waals surface area (Å²) < 4.78 is 5.99. The average molecular weight is 467 g/mol. The fourth-order valence-electron chi connectivity index (χ4n) is 4.55. The van der Waals surface area contributed by atoms with Gasteiger partial charge in [0.15, 0.2) is 11.4 Å². The van der Waals surface area contributed by atoms with Gasteiger partial charge in [-0.2, -0.15) is 0 Å². The van der Waals surface area contributed by atoms with Crippen molar-refractivity contribution in [3.63, 3.8) is 0 Å². The van der Waals surface area contributed by atoms with Gasteiger partial charge in [-0.05, 0) is 29.5 Å². The second-order valence-corrected chi connectivity index (χ2v) is 8.90. The van der Waals surface area contributed by atoms with Crippen LogP contribution >= 0.6 is 0 Å². The number of Topliss-reactive ketones (excluding diaryl/α,β-unsaturated/α-hetero) is 1. The molecule has 35 heavy (non-hydrogen) atoms. The minimum absolute atomic E-state index is 0.0198. The molecule has 178 valence electrons. The molecule has 0 bridgehead atoms. The standard InChI is InChI=1S/C31H30O4/c1-2-3-21-31(22-24-15-9-5-10-16-24)29(33)28(32)27(30(34)35-31)26(25-17-11-6-12-18-25)20-19-23-13-7-4-8-14-23/h4-20,26,32H,2-3,21-22H2,1H3. The van der Waals surface area contributed by atoms with E-state index in [4.69, 9.17) is 4.74 Å².